The second kappa shape index (κ2) is 11.2. The molecule has 8 heteroatoms. The first-order valence-electron chi connectivity index (χ1n) is 11.3. The molecule has 1 saturated heterocycles. The summed E-state index contributed by atoms with van der Waals surface area (Å²) in [6.45, 7) is 2.43. The molecule has 8 nitrogen and oxygen atoms in total. The molecule has 174 valence electrons. The molecule has 3 aromatic rings. The summed E-state index contributed by atoms with van der Waals surface area (Å²) in [6, 6.07) is 26.6. The minimum atomic E-state index is -0.387. The Morgan fingerprint density at radius 3 is 2.12 bits per heavy atom. The molecule has 0 radical (unpaired) electrons. The van der Waals surface area contributed by atoms with Gasteiger partial charge in [-0.25, -0.2) is 4.79 Å². The van der Waals surface area contributed by atoms with Gasteiger partial charge in [-0.3, -0.25) is 4.90 Å². The van der Waals surface area contributed by atoms with Gasteiger partial charge in [-0.2, -0.15) is 0 Å². The molecule has 0 saturated carbocycles. The number of methoxy groups -OCH3 is 1. The van der Waals surface area contributed by atoms with Gasteiger partial charge in [0.25, 0.3) is 0 Å². The zero-order valence-corrected chi connectivity index (χ0v) is 19.1. The van der Waals surface area contributed by atoms with E-state index in [-0.39, 0.29) is 18.1 Å². The van der Waals surface area contributed by atoms with Gasteiger partial charge in [0.1, 0.15) is 5.75 Å². The fraction of sp³-hybridized carbons (Fsp3) is 0.269. The van der Waals surface area contributed by atoms with Crippen molar-refractivity contribution in [2.45, 2.75) is 12.1 Å². The third kappa shape index (κ3) is 5.31. The van der Waals surface area contributed by atoms with Crippen LogP contribution in [-0.2, 0) is 0 Å². The number of para-hydroxylation sites is 2. The van der Waals surface area contributed by atoms with Gasteiger partial charge in [0.15, 0.2) is 0 Å². The first-order valence-corrected chi connectivity index (χ1v) is 11.3. The van der Waals surface area contributed by atoms with Crippen LogP contribution in [0.5, 0.6) is 5.75 Å². The van der Waals surface area contributed by atoms with E-state index in [4.69, 9.17) is 4.74 Å². The van der Waals surface area contributed by atoms with Crippen LogP contribution in [0.15, 0.2) is 90.0 Å². The van der Waals surface area contributed by atoms with E-state index in [1.165, 1.54) is 0 Å². The van der Waals surface area contributed by atoms with Crippen molar-refractivity contribution in [2.75, 3.05) is 38.6 Å². The number of nitrogens with zero attached hydrogens (tertiary/aromatic N) is 5. The molecular formula is C26H28N6O2. The van der Waals surface area contributed by atoms with Crippen molar-refractivity contribution in [1.29, 1.82) is 0 Å². The topological polar surface area (TPSA) is 93.6 Å². The van der Waals surface area contributed by atoms with Gasteiger partial charge in [0.05, 0.1) is 18.8 Å². The quantitative estimate of drug-likeness (QED) is 0.283. The van der Waals surface area contributed by atoms with Crippen LogP contribution >= 0.6 is 0 Å². The minimum Gasteiger partial charge on any atom is -0.495 e. The fourth-order valence-corrected chi connectivity index (χ4v) is 4.41. The molecule has 34 heavy (non-hydrogen) atoms. The molecule has 0 aliphatic carbocycles. The van der Waals surface area contributed by atoms with Crippen molar-refractivity contribution in [2.24, 2.45) is 5.11 Å². The SMILES string of the molecule is COc1ccccc1NC(=O)N1CCN([C@H](c2ccccc2)[C@@H](N=[N+]=[N-])c2ccccc2)CC1. The summed E-state index contributed by atoms with van der Waals surface area (Å²) in [4.78, 5) is 20.2. The van der Waals surface area contributed by atoms with Crippen molar-refractivity contribution >= 4 is 11.7 Å². The van der Waals surface area contributed by atoms with Crippen LogP contribution in [-0.4, -0.2) is 49.1 Å². The summed E-state index contributed by atoms with van der Waals surface area (Å²) in [5, 5.41) is 7.16. The number of rotatable bonds is 7. The molecule has 0 spiro atoms. The molecule has 0 unspecified atom stereocenters. The summed E-state index contributed by atoms with van der Waals surface area (Å²) < 4.78 is 5.34. The molecule has 3 aromatic carbocycles. The minimum absolute atomic E-state index is 0.140. The van der Waals surface area contributed by atoms with E-state index in [2.05, 4.69) is 32.4 Å². The Morgan fingerprint density at radius 1 is 0.912 bits per heavy atom. The van der Waals surface area contributed by atoms with E-state index >= 15 is 0 Å². The highest BCUT2D eigenvalue weighted by molar-refractivity contribution is 5.91. The number of anilines is 1. The van der Waals surface area contributed by atoms with E-state index in [0.29, 0.717) is 37.6 Å². The summed E-state index contributed by atoms with van der Waals surface area (Å²) in [7, 11) is 1.58. The van der Waals surface area contributed by atoms with Crippen LogP contribution in [0.3, 0.4) is 0 Å². The van der Waals surface area contributed by atoms with Gasteiger partial charge >= 0.3 is 6.03 Å². The predicted molar refractivity (Wildman–Crippen MR) is 133 cm³/mol. The largest absolute Gasteiger partial charge is 0.495 e. The van der Waals surface area contributed by atoms with Crippen LogP contribution < -0.4 is 10.1 Å². The summed E-state index contributed by atoms with van der Waals surface area (Å²) >= 11 is 0. The Kier molecular flexibility index (Phi) is 7.65. The monoisotopic (exact) mass is 456 g/mol. The Morgan fingerprint density at radius 2 is 1.50 bits per heavy atom. The first-order chi connectivity index (χ1) is 16.7. The fourth-order valence-electron chi connectivity index (χ4n) is 4.41. The number of carbonyl (C=O) groups excluding carboxylic acids is 1. The lowest BCUT2D eigenvalue weighted by atomic mass is 9.92. The number of ether oxygens (including phenoxy) is 1. The second-order valence-electron chi connectivity index (χ2n) is 8.07. The van der Waals surface area contributed by atoms with Crippen molar-refractivity contribution in [3.63, 3.8) is 0 Å². The Bertz CT molecular complexity index is 1130. The lowest BCUT2D eigenvalue weighted by Gasteiger charge is -2.41. The molecule has 0 bridgehead atoms. The highest BCUT2D eigenvalue weighted by Crippen LogP contribution is 2.38. The van der Waals surface area contributed by atoms with Gasteiger partial charge < -0.3 is 15.0 Å². The number of nitrogens with one attached hydrogen (secondary N) is 1. The third-order valence-electron chi connectivity index (χ3n) is 6.10. The maximum absolute atomic E-state index is 12.9. The summed E-state index contributed by atoms with van der Waals surface area (Å²) in [5.74, 6) is 0.624. The molecule has 2 amide bonds. The molecule has 2 atom stereocenters. The Labute approximate surface area is 199 Å². The number of hydrogen-bond donors (Lipinski definition) is 1. The van der Waals surface area contributed by atoms with Gasteiger partial charge in [-0.15, -0.1) is 0 Å². The number of hydrogen-bond acceptors (Lipinski definition) is 4. The first kappa shape index (κ1) is 23.2. The normalized spacial score (nSPS) is 15.6. The lowest BCUT2D eigenvalue weighted by Crippen LogP contribution is -2.51. The van der Waals surface area contributed by atoms with Crippen LogP contribution in [0.1, 0.15) is 23.2 Å². The predicted octanol–water partition coefficient (Wildman–Crippen LogP) is 5.64. The number of benzene rings is 3. The molecule has 1 heterocycles. The molecule has 4 rings (SSSR count). The number of amides is 2. The molecule has 1 fully saturated rings. The van der Waals surface area contributed by atoms with Crippen LogP contribution in [0, 0.1) is 0 Å². The van der Waals surface area contributed by atoms with E-state index in [1.807, 2.05) is 72.8 Å². The van der Waals surface area contributed by atoms with Crippen molar-refractivity contribution in [1.82, 2.24) is 9.80 Å². The number of azide groups is 1. The zero-order chi connectivity index (χ0) is 23.8. The number of carbonyl (C=O) groups is 1. The van der Waals surface area contributed by atoms with Crippen molar-refractivity contribution < 1.29 is 9.53 Å². The zero-order valence-electron chi connectivity index (χ0n) is 19.1. The molecule has 1 aliphatic rings. The van der Waals surface area contributed by atoms with Gasteiger partial charge in [-0.05, 0) is 28.8 Å². The highest BCUT2D eigenvalue weighted by Gasteiger charge is 2.33. The summed E-state index contributed by atoms with van der Waals surface area (Å²) in [5.41, 5.74) is 12.0. The third-order valence-corrected chi connectivity index (χ3v) is 6.10. The van der Waals surface area contributed by atoms with E-state index in [0.717, 1.165) is 11.1 Å². The van der Waals surface area contributed by atoms with Crippen molar-refractivity contribution in [3.05, 3.63) is 106 Å². The van der Waals surface area contributed by atoms with Gasteiger partial charge in [0, 0.05) is 37.1 Å². The van der Waals surface area contributed by atoms with Crippen LogP contribution in [0.2, 0.25) is 0 Å². The lowest BCUT2D eigenvalue weighted by molar-refractivity contribution is 0.100. The standard InChI is InChI=1S/C26H28N6O2/c1-34-23-15-9-8-14-22(23)28-26(33)32-18-16-31(17-19-32)25(21-12-6-3-7-13-21)24(29-30-27)20-10-4-2-5-11-20/h2-15,24-25H,16-19H2,1H3,(H,28,33)/t24-,25+/m0/s1. The smallest absolute Gasteiger partial charge is 0.322 e. The highest BCUT2D eigenvalue weighted by atomic mass is 16.5. The van der Waals surface area contributed by atoms with Crippen LogP contribution in [0.4, 0.5) is 10.5 Å². The molecular weight excluding hydrogens is 428 g/mol. The van der Waals surface area contributed by atoms with Crippen molar-refractivity contribution in [3.8, 4) is 5.75 Å². The Hall–Kier alpha value is -4.00. The second-order valence-corrected chi connectivity index (χ2v) is 8.07. The molecule has 1 N–H and O–H groups in total. The number of urea groups is 1. The number of piperazine rings is 1. The van der Waals surface area contributed by atoms with Gasteiger partial charge in [-0.1, -0.05) is 77.9 Å². The maximum Gasteiger partial charge on any atom is 0.322 e. The van der Waals surface area contributed by atoms with Crippen LogP contribution in [0.25, 0.3) is 10.4 Å². The average molecular weight is 457 g/mol. The van der Waals surface area contributed by atoms with E-state index in [9.17, 15) is 10.3 Å². The molecule has 0 aromatic heterocycles. The van der Waals surface area contributed by atoms with E-state index in [1.54, 1.807) is 12.0 Å². The summed E-state index contributed by atoms with van der Waals surface area (Å²) in [6.07, 6.45) is 0. The Balaban J connectivity index is 1.52. The maximum atomic E-state index is 12.9. The average Bonchev–Trinajstić information content (AvgIpc) is 2.90. The van der Waals surface area contributed by atoms with E-state index < -0.39 is 0 Å². The van der Waals surface area contributed by atoms with Gasteiger partial charge in [0.2, 0.25) is 0 Å². The molecule has 1 aliphatic heterocycles.